The van der Waals surface area contributed by atoms with E-state index in [0.717, 1.165) is 12.8 Å². The quantitative estimate of drug-likeness (QED) is 0.887. The molecule has 0 aliphatic heterocycles. The number of benzene rings is 1. The number of aryl methyl sites for hydroxylation is 1. The van der Waals surface area contributed by atoms with E-state index in [4.69, 9.17) is 0 Å². The van der Waals surface area contributed by atoms with Crippen LogP contribution >= 0.6 is 0 Å². The van der Waals surface area contributed by atoms with Crippen molar-refractivity contribution >= 4 is 5.91 Å². The van der Waals surface area contributed by atoms with Gasteiger partial charge in [-0.2, -0.15) is 0 Å². The van der Waals surface area contributed by atoms with E-state index in [1.807, 2.05) is 26.8 Å². The van der Waals surface area contributed by atoms with Crippen molar-refractivity contribution in [2.45, 2.75) is 52.1 Å². The zero-order valence-corrected chi connectivity index (χ0v) is 12.6. The summed E-state index contributed by atoms with van der Waals surface area (Å²) in [6.07, 6.45) is 2.13. The van der Waals surface area contributed by atoms with Gasteiger partial charge in [0, 0.05) is 13.0 Å². The first kappa shape index (κ1) is 15.0. The first-order chi connectivity index (χ1) is 9.38. The van der Waals surface area contributed by atoms with E-state index in [9.17, 15) is 9.90 Å². The Hall–Kier alpha value is -1.35. The molecule has 3 nitrogen and oxygen atoms in total. The number of hydrogen-bond acceptors (Lipinski definition) is 2. The summed E-state index contributed by atoms with van der Waals surface area (Å²) in [5, 5.41) is 12.8. The van der Waals surface area contributed by atoms with Crippen molar-refractivity contribution in [3.63, 3.8) is 0 Å². The highest BCUT2D eigenvalue weighted by Gasteiger charge is 2.26. The van der Waals surface area contributed by atoms with Gasteiger partial charge in [-0.1, -0.05) is 45.0 Å². The first-order valence-corrected chi connectivity index (χ1v) is 7.40. The van der Waals surface area contributed by atoms with Crippen molar-refractivity contribution in [2.24, 2.45) is 5.41 Å². The van der Waals surface area contributed by atoms with Crippen LogP contribution in [0, 0.1) is 5.41 Å². The second kappa shape index (κ2) is 5.96. The van der Waals surface area contributed by atoms with Crippen molar-refractivity contribution in [1.29, 1.82) is 0 Å². The van der Waals surface area contributed by atoms with Gasteiger partial charge in [0.2, 0.25) is 5.91 Å². The Morgan fingerprint density at radius 3 is 2.80 bits per heavy atom. The van der Waals surface area contributed by atoms with Crippen LogP contribution in [0.1, 0.15) is 50.7 Å². The second-order valence-electron chi connectivity index (χ2n) is 6.82. The minimum absolute atomic E-state index is 0.0370. The molecule has 110 valence electrons. The summed E-state index contributed by atoms with van der Waals surface area (Å²) >= 11 is 0. The van der Waals surface area contributed by atoms with Crippen LogP contribution in [0.2, 0.25) is 0 Å². The highest BCUT2D eigenvalue weighted by molar-refractivity contribution is 5.77. The third-order valence-corrected chi connectivity index (χ3v) is 4.18. The third-order valence-electron chi connectivity index (χ3n) is 4.18. The van der Waals surface area contributed by atoms with Crippen LogP contribution in [0.15, 0.2) is 24.3 Å². The fourth-order valence-electron chi connectivity index (χ4n) is 2.67. The Morgan fingerprint density at radius 1 is 1.40 bits per heavy atom. The van der Waals surface area contributed by atoms with Crippen molar-refractivity contribution in [3.05, 3.63) is 35.4 Å². The molecule has 20 heavy (non-hydrogen) atoms. The van der Waals surface area contributed by atoms with E-state index in [1.165, 1.54) is 11.1 Å². The molecule has 2 atom stereocenters. The number of amides is 1. The fraction of sp³-hybridized carbons (Fsp3) is 0.588. The summed E-state index contributed by atoms with van der Waals surface area (Å²) in [5.74, 6) is 0.369. The van der Waals surface area contributed by atoms with E-state index in [0.29, 0.717) is 18.9 Å². The molecule has 0 spiro atoms. The molecule has 3 heteroatoms. The molecule has 2 rings (SSSR count). The van der Waals surface area contributed by atoms with Gasteiger partial charge in [-0.25, -0.2) is 0 Å². The maximum atomic E-state index is 12.0. The van der Waals surface area contributed by atoms with Crippen LogP contribution in [0.3, 0.4) is 0 Å². The third kappa shape index (κ3) is 3.60. The van der Waals surface area contributed by atoms with Crippen LogP contribution in [-0.2, 0) is 11.2 Å². The van der Waals surface area contributed by atoms with Crippen molar-refractivity contribution < 1.29 is 9.90 Å². The van der Waals surface area contributed by atoms with Crippen molar-refractivity contribution in [2.75, 3.05) is 6.54 Å². The van der Waals surface area contributed by atoms with Crippen molar-refractivity contribution in [1.82, 2.24) is 5.32 Å². The molecular formula is C17H25NO2. The summed E-state index contributed by atoms with van der Waals surface area (Å²) < 4.78 is 0. The molecule has 1 aromatic rings. The molecule has 2 unspecified atom stereocenters. The summed E-state index contributed by atoms with van der Waals surface area (Å²) in [6.45, 7) is 6.24. The van der Waals surface area contributed by atoms with E-state index >= 15 is 0 Å². The lowest BCUT2D eigenvalue weighted by Gasteiger charge is -2.26. The van der Waals surface area contributed by atoms with E-state index in [1.54, 1.807) is 0 Å². The maximum Gasteiger partial charge on any atom is 0.220 e. The number of carbonyl (C=O) groups is 1. The first-order valence-electron chi connectivity index (χ1n) is 7.40. The topological polar surface area (TPSA) is 49.3 Å². The molecule has 0 bridgehead atoms. The summed E-state index contributed by atoms with van der Waals surface area (Å²) in [7, 11) is 0. The Balaban J connectivity index is 1.85. The Morgan fingerprint density at radius 2 is 2.10 bits per heavy atom. The number of hydrogen-bond donors (Lipinski definition) is 2. The summed E-state index contributed by atoms with van der Waals surface area (Å²) in [4.78, 5) is 12.0. The number of aliphatic hydroxyl groups excluding tert-OH is 1. The lowest BCUT2D eigenvalue weighted by molar-refractivity contribution is -0.122. The Labute approximate surface area is 121 Å². The molecule has 0 fully saturated rings. The molecular weight excluding hydrogens is 250 g/mol. The maximum absolute atomic E-state index is 12.0. The predicted molar refractivity (Wildman–Crippen MR) is 80.6 cm³/mol. The predicted octanol–water partition coefficient (Wildman–Crippen LogP) is 2.63. The lowest BCUT2D eigenvalue weighted by Crippen LogP contribution is -2.39. The molecule has 1 amide bonds. The average Bonchev–Trinajstić information content (AvgIpc) is 2.78. The van der Waals surface area contributed by atoms with Gasteiger partial charge in [0.05, 0.1) is 6.10 Å². The number of rotatable bonds is 4. The number of nitrogens with one attached hydrogen (secondary N) is 1. The highest BCUT2D eigenvalue weighted by atomic mass is 16.3. The normalized spacial score (nSPS) is 19.5. The molecule has 0 saturated heterocycles. The van der Waals surface area contributed by atoms with Gasteiger partial charge in [0.25, 0.3) is 0 Å². The van der Waals surface area contributed by atoms with Crippen LogP contribution in [0.5, 0.6) is 0 Å². The highest BCUT2D eigenvalue weighted by Crippen LogP contribution is 2.35. The largest absolute Gasteiger partial charge is 0.391 e. The van der Waals surface area contributed by atoms with Crippen LogP contribution in [-0.4, -0.2) is 23.7 Å². The summed E-state index contributed by atoms with van der Waals surface area (Å²) in [6, 6.07) is 8.38. The smallest absolute Gasteiger partial charge is 0.220 e. The average molecular weight is 275 g/mol. The SMILES string of the molecule is CC(C)(C)C(O)CNC(=O)CC1CCc2ccccc21. The van der Waals surface area contributed by atoms with E-state index < -0.39 is 6.10 Å². The fourth-order valence-corrected chi connectivity index (χ4v) is 2.67. The standard InChI is InChI=1S/C17H25NO2/c1-17(2,3)15(19)11-18-16(20)10-13-9-8-12-6-4-5-7-14(12)13/h4-7,13,15,19H,8-11H2,1-3H3,(H,18,20). The van der Waals surface area contributed by atoms with Gasteiger partial charge in [0.1, 0.15) is 0 Å². The van der Waals surface area contributed by atoms with Gasteiger partial charge in [-0.3, -0.25) is 4.79 Å². The summed E-state index contributed by atoms with van der Waals surface area (Å²) in [5.41, 5.74) is 2.49. The molecule has 0 saturated carbocycles. The molecule has 2 N–H and O–H groups in total. The number of carbonyl (C=O) groups excluding carboxylic acids is 1. The van der Waals surface area contributed by atoms with E-state index in [2.05, 4.69) is 23.5 Å². The van der Waals surface area contributed by atoms with Gasteiger partial charge < -0.3 is 10.4 Å². The van der Waals surface area contributed by atoms with Gasteiger partial charge >= 0.3 is 0 Å². The van der Waals surface area contributed by atoms with Crippen LogP contribution in [0.4, 0.5) is 0 Å². The minimum Gasteiger partial charge on any atom is -0.391 e. The van der Waals surface area contributed by atoms with Gasteiger partial charge in [0.15, 0.2) is 0 Å². The number of fused-ring (bicyclic) bond motifs is 1. The monoisotopic (exact) mass is 275 g/mol. The van der Waals surface area contributed by atoms with E-state index in [-0.39, 0.29) is 11.3 Å². The zero-order chi connectivity index (χ0) is 14.8. The van der Waals surface area contributed by atoms with Crippen LogP contribution < -0.4 is 5.32 Å². The van der Waals surface area contributed by atoms with Crippen LogP contribution in [0.25, 0.3) is 0 Å². The molecule has 1 aliphatic rings. The Bertz CT molecular complexity index is 476. The van der Waals surface area contributed by atoms with Crippen molar-refractivity contribution in [3.8, 4) is 0 Å². The molecule has 1 aliphatic carbocycles. The Kier molecular flexibility index (Phi) is 4.48. The molecule has 0 heterocycles. The lowest BCUT2D eigenvalue weighted by atomic mass is 9.89. The van der Waals surface area contributed by atoms with Gasteiger partial charge in [-0.15, -0.1) is 0 Å². The zero-order valence-electron chi connectivity index (χ0n) is 12.6. The molecule has 0 aromatic heterocycles. The second-order valence-corrected chi connectivity index (χ2v) is 6.82. The molecule has 1 aromatic carbocycles. The molecule has 0 radical (unpaired) electrons. The number of aliphatic hydroxyl groups is 1. The van der Waals surface area contributed by atoms with Gasteiger partial charge in [-0.05, 0) is 35.3 Å². The minimum atomic E-state index is -0.512.